The third kappa shape index (κ3) is 7.57. The molecule has 29 heavy (non-hydrogen) atoms. The Balaban J connectivity index is 1.98. The molecule has 2 aromatic carbocycles. The van der Waals surface area contributed by atoms with Gasteiger partial charge in [-0.2, -0.15) is 0 Å². The van der Waals surface area contributed by atoms with E-state index >= 15 is 0 Å². The first kappa shape index (κ1) is 21.8. The van der Waals surface area contributed by atoms with Crippen LogP contribution in [0.4, 0.5) is 10.1 Å². The van der Waals surface area contributed by atoms with Gasteiger partial charge in [0.25, 0.3) is 5.69 Å². The monoisotopic (exact) mass is 401 g/mol. The van der Waals surface area contributed by atoms with Crippen molar-refractivity contribution >= 4 is 17.6 Å². The van der Waals surface area contributed by atoms with Gasteiger partial charge in [0.1, 0.15) is 5.82 Å². The predicted molar refractivity (Wildman–Crippen MR) is 109 cm³/mol. The van der Waals surface area contributed by atoms with Gasteiger partial charge in [-0.1, -0.05) is 24.3 Å². The van der Waals surface area contributed by atoms with Crippen molar-refractivity contribution in [3.05, 3.63) is 75.6 Å². The van der Waals surface area contributed by atoms with Gasteiger partial charge in [-0.3, -0.25) is 14.9 Å². The molecule has 0 aromatic heterocycles. The van der Waals surface area contributed by atoms with E-state index in [9.17, 15) is 19.3 Å². The first-order valence-corrected chi connectivity index (χ1v) is 9.05. The molecule has 0 bridgehead atoms. The number of nitrogens with one attached hydrogen (secondary N) is 2. The molecule has 0 unspecified atom stereocenters. The molecule has 0 aliphatic rings. The molecule has 0 spiro atoms. The molecule has 8 nitrogen and oxygen atoms in total. The van der Waals surface area contributed by atoms with Crippen LogP contribution in [0.5, 0.6) is 0 Å². The summed E-state index contributed by atoms with van der Waals surface area (Å²) in [5.41, 5.74) is 1.79. The molecule has 0 aliphatic heterocycles. The van der Waals surface area contributed by atoms with Crippen LogP contribution in [0, 0.1) is 15.9 Å². The number of carbonyl (C=O) groups is 1. The Morgan fingerprint density at radius 3 is 2.28 bits per heavy atom. The second-order valence-electron chi connectivity index (χ2n) is 6.53. The van der Waals surface area contributed by atoms with Crippen molar-refractivity contribution in [3.63, 3.8) is 0 Å². The van der Waals surface area contributed by atoms with Crippen LogP contribution in [-0.4, -0.2) is 48.9 Å². The van der Waals surface area contributed by atoms with Gasteiger partial charge in [0.2, 0.25) is 5.91 Å². The molecule has 0 atom stereocenters. The SMILES string of the molecule is CN(C)C(=O)CNC(=NCc1ccc([N+](=O)[O-])cc1)NCCc1ccc(F)cc1. The molecule has 154 valence electrons. The second kappa shape index (κ2) is 10.7. The van der Waals surface area contributed by atoms with E-state index in [1.807, 2.05) is 0 Å². The lowest BCUT2D eigenvalue weighted by Crippen LogP contribution is -2.43. The fourth-order valence-electron chi connectivity index (χ4n) is 2.36. The van der Waals surface area contributed by atoms with Gasteiger partial charge in [0, 0.05) is 32.8 Å². The summed E-state index contributed by atoms with van der Waals surface area (Å²) in [6.07, 6.45) is 0.653. The number of hydrogen-bond donors (Lipinski definition) is 2. The highest BCUT2D eigenvalue weighted by Crippen LogP contribution is 2.12. The van der Waals surface area contributed by atoms with Gasteiger partial charge in [0.05, 0.1) is 18.0 Å². The number of halogens is 1. The van der Waals surface area contributed by atoms with Crippen LogP contribution in [0.25, 0.3) is 0 Å². The van der Waals surface area contributed by atoms with Gasteiger partial charge >= 0.3 is 0 Å². The molecule has 9 heteroatoms. The van der Waals surface area contributed by atoms with E-state index in [0.717, 1.165) is 11.1 Å². The van der Waals surface area contributed by atoms with E-state index in [0.29, 0.717) is 25.5 Å². The van der Waals surface area contributed by atoms with E-state index < -0.39 is 4.92 Å². The fourth-order valence-corrected chi connectivity index (χ4v) is 2.36. The van der Waals surface area contributed by atoms with Crippen LogP contribution in [-0.2, 0) is 17.8 Å². The first-order valence-electron chi connectivity index (χ1n) is 9.05. The number of benzene rings is 2. The zero-order chi connectivity index (χ0) is 21.2. The number of hydrogen-bond acceptors (Lipinski definition) is 4. The summed E-state index contributed by atoms with van der Waals surface area (Å²) in [6, 6.07) is 12.4. The zero-order valence-corrected chi connectivity index (χ0v) is 16.4. The van der Waals surface area contributed by atoms with Gasteiger partial charge in [0.15, 0.2) is 5.96 Å². The van der Waals surface area contributed by atoms with Crippen LogP contribution in [0.15, 0.2) is 53.5 Å². The maximum absolute atomic E-state index is 13.0. The van der Waals surface area contributed by atoms with E-state index in [2.05, 4.69) is 15.6 Å². The number of guanidine groups is 1. The van der Waals surface area contributed by atoms with E-state index in [4.69, 9.17) is 0 Å². The molecule has 0 aliphatic carbocycles. The lowest BCUT2D eigenvalue weighted by atomic mass is 10.1. The highest BCUT2D eigenvalue weighted by atomic mass is 19.1. The molecule has 2 N–H and O–H groups in total. The summed E-state index contributed by atoms with van der Waals surface area (Å²) in [4.78, 5) is 28.0. The minimum absolute atomic E-state index is 0.0186. The van der Waals surface area contributed by atoms with Crippen molar-refractivity contribution in [1.82, 2.24) is 15.5 Å². The molecule has 0 radical (unpaired) electrons. The Kier molecular flexibility index (Phi) is 8.08. The summed E-state index contributed by atoms with van der Waals surface area (Å²) >= 11 is 0. The van der Waals surface area contributed by atoms with E-state index in [1.54, 1.807) is 38.4 Å². The summed E-state index contributed by atoms with van der Waals surface area (Å²) in [5, 5.41) is 16.9. The highest BCUT2D eigenvalue weighted by molar-refractivity contribution is 5.86. The predicted octanol–water partition coefficient (Wildman–Crippen LogP) is 2.10. The first-order chi connectivity index (χ1) is 13.8. The van der Waals surface area contributed by atoms with Crippen LogP contribution in [0.1, 0.15) is 11.1 Å². The smallest absolute Gasteiger partial charge is 0.269 e. The largest absolute Gasteiger partial charge is 0.356 e. The molecule has 0 heterocycles. The zero-order valence-electron chi connectivity index (χ0n) is 16.4. The average Bonchev–Trinajstić information content (AvgIpc) is 2.71. The van der Waals surface area contributed by atoms with Crippen LogP contribution >= 0.6 is 0 Å². The van der Waals surface area contributed by atoms with Gasteiger partial charge in [-0.25, -0.2) is 9.38 Å². The Hall–Kier alpha value is -3.49. The lowest BCUT2D eigenvalue weighted by molar-refractivity contribution is -0.384. The van der Waals surface area contributed by atoms with Gasteiger partial charge in [-0.15, -0.1) is 0 Å². The number of carbonyl (C=O) groups excluding carboxylic acids is 1. The number of nitro benzene ring substituents is 1. The molecule has 0 saturated heterocycles. The average molecular weight is 401 g/mol. The summed E-state index contributed by atoms with van der Waals surface area (Å²) in [5.74, 6) is 0.0601. The molecule has 0 saturated carbocycles. The van der Waals surface area contributed by atoms with Gasteiger partial charge < -0.3 is 15.5 Å². The number of nitrogens with zero attached hydrogens (tertiary/aromatic N) is 3. The maximum atomic E-state index is 13.0. The van der Waals surface area contributed by atoms with Crippen molar-refractivity contribution in [1.29, 1.82) is 0 Å². The third-order valence-corrected chi connectivity index (χ3v) is 4.09. The molecular formula is C20H24FN5O3. The molecular weight excluding hydrogens is 377 g/mol. The minimum atomic E-state index is -0.454. The van der Waals surface area contributed by atoms with Crippen LogP contribution < -0.4 is 10.6 Å². The molecule has 2 aromatic rings. The normalized spacial score (nSPS) is 11.1. The molecule has 2 rings (SSSR count). The summed E-state index contributed by atoms with van der Waals surface area (Å²) < 4.78 is 13.0. The van der Waals surface area contributed by atoms with Crippen LogP contribution in [0.2, 0.25) is 0 Å². The molecule has 0 fully saturated rings. The summed E-state index contributed by atoms with van der Waals surface area (Å²) in [7, 11) is 3.33. The van der Waals surface area contributed by atoms with Crippen molar-refractivity contribution in [2.24, 2.45) is 4.99 Å². The van der Waals surface area contributed by atoms with Gasteiger partial charge in [-0.05, 0) is 29.7 Å². The Morgan fingerprint density at radius 2 is 1.69 bits per heavy atom. The number of nitro groups is 1. The van der Waals surface area contributed by atoms with E-state index in [-0.39, 0.29) is 24.0 Å². The van der Waals surface area contributed by atoms with Crippen molar-refractivity contribution in [3.8, 4) is 0 Å². The minimum Gasteiger partial charge on any atom is -0.356 e. The number of amides is 1. The third-order valence-electron chi connectivity index (χ3n) is 4.09. The molecule has 1 amide bonds. The van der Waals surface area contributed by atoms with Crippen molar-refractivity contribution in [2.75, 3.05) is 27.2 Å². The Morgan fingerprint density at radius 1 is 1.07 bits per heavy atom. The number of rotatable bonds is 8. The fraction of sp³-hybridized carbons (Fsp3) is 0.300. The Bertz CT molecular complexity index is 851. The second-order valence-corrected chi connectivity index (χ2v) is 6.53. The number of aliphatic imine (C=N–C) groups is 1. The highest BCUT2D eigenvalue weighted by Gasteiger charge is 2.07. The quantitative estimate of drug-likeness (QED) is 0.305. The topological polar surface area (TPSA) is 99.9 Å². The standard InChI is InChI=1S/C20H24FN5O3/c1-25(2)19(27)14-24-20(22-12-11-15-3-7-17(21)8-4-15)23-13-16-5-9-18(10-6-16)26(28)29/h3-10H,11-14H2,1-2H3,(H2,22,23,24). The lowest BCUT2D eigenvalue weighted by Gasteiger charge is -2.15. The number of non-ortho nitro benzene ring substituents is 1. The maximum Gasteiger partial charge on any atom is 0.269 e. The van der Waals surface area contributed by atoms with Crippen molar-refractivity contribution in [2.45, 2.75) is 13.0 Å². The van der Waals surface area contributed by atoms with Crippen molar-refractivity contribution < 1.29 is 14.1 Å². The van der Waals surface area contributed by atoms with Crippen LogP contribution in [0.3, 0.4) is 0 Å². The summed E-state index contributed by atoms with van der Waals surface area (Å²) in [6.45, 7) is 0.906. The van der Waals surface area contributed by atoms with E-state index in [1.165, 1.54) is 29.2 Å². The Labute approximate surface area is 168 Å². The number of likely N-dealkylation sites (N-methyl/N-ethyl adjacent to an activating group) is 1.